The highest BCUT2D eigenvalue weighted by atomic mass is 17.3. The van der Waals surface area contributed by atoms with Crippen LogP contribution in [0.5, 0.6) is 28.7 Å². The number of likely N-dealkylation sites (tertiary alicyclic amines) is 2. The van der Waals surface area contributed by atoms with Crippen molar-refractivity contribution in [1.29, 1.82) is 0 Å². The third kappa shape index (κ3) is 18.9. The van der Waals surface area contributed by atoms with E-state index in [1.807, 2.05) is 89.5 Å². The highest BCUT2D eigenvalue weighted by molar-refractivity contribution is 5.72. The van der Waals surface area contributed by atoms with E-state index in [4.69, 9.17) is 81.7 Å². The van der Waals surface area contributed by atoms with Gasteiger partial charge in [-0.05, 0) is 410 Å². The van der Waals surface area contributed by atoms with Crippen molar-refractivity contribution in [3.05, 3.63) is 149 Å². The second kappa shape index (κ2) is 38.4. The maximum absolute atomic E-state index is 12.5. The molecule has 16 bridgehead atoms. The Morgan fingerprint density at radius 3 is 0.844 bits per heavy atom. The molecule has 0 radical (unpaired) electrons. The third-order valence-corrected chi connectivity index (χ3v) is 39.9. The zero-order chi connectivity index (χ0) is 95.0. The molecule has 0 aromatic heterocycles. The maximum atomic E-state index is 12.5. The van der Waals surface area contributed by atoms with Crippen LogP contribution in [-0.4, -0.2) is 113 Å². The van der Waals surface area contributed by atoms with E-state index >= 15 is 0 Å². The molecule has 8 spiro atoms. The number of rotatable bonds is 10. The van der Waals surface area contributed by atoms with E-state index in [9.17, 15) is 19.2 Å². The molecule has 24 heteroatoms. The number of carbonyl (C=O) groups excluding carboxylic acids is 4. The molecule has 1 N–H and O–H groups in total. The summed E-state index contributed by atoms with van der Waals surface area (Å²) < 4.78 is 55.3. The molecule has 24 nitrogen and oxygen atoms in total. The van der Waals surface area contributed by atoms with Crippen molar-refractivity contribution in [2.75, 3.05) is 26.2 Å². The molecule has 8 atom stereocenters. The number of nitrogens with zero attached hydrogens (tertiary/aromatic N) is 2. The fourth-order valence-corrected chi connectivity index (χ4v) is 33.4. The Bertz CT molecular complexity index is 5150. The molecule has 6 saturated heterocycles. The van der Waals surface area contributed by atoms with Gasteiger partial charge in [0.05, 0.1) is 0 Å². The average molecular weight is 1940 g/mol. The predicted octanol–water partition coefficient (Wildman–Crippen LogP) is 26.5. The van der Waals surface area contributed by atoms with Crippen LogP contribution in [0.2, 0.25) is 0 Å². The number of hydrogen-bond acceptors (Lipinski definition) is 21. The lowest BCUT2D eigenvalue weighted by atomic mass is 9.53. The van der Waals surface area contributed by atoms with Gasteiger partial charge < -0.3 is 57.7 Å². The first-order valence-corrected chi connectivity index (χ1v) is 56.1. The Morgan fingerprint density at radius 2 is 0.546 bits per heavy atom. The van der Waals surface area contributed by atoms with Gasteiger partial charge in [0.1, 0.15) is 28.7 Å². The van der Waals surface area contributed by atoms with Crippen molar-refractivity contribution >= 4 is 24.4 Å². The van der Waals surface area contributed by atoms with Gasteiger partial charge >= 0.3 is 24.4 Å². The molecule has 5 aromatic rings. The van der Waals surface area contributed by atoms with Gasteiger partial charge in [0, 0.05) is 131 Å². The first-order valence-electron chi connectivity index (χ1n) is 56.1. The molecular formula is C117H151N3O21. The van der Waals surface area contributed by atoms with E-state index in [0.717, 1.165) is 226 Å². The molecule has 6 heterocycles. The van der Waals surface area contributed by atoms with Gasteiger partial charge in [-0.2, -0.15) is 39.1 Å². The summed E-state index contributed by atoms with van der Waals surface area (Å²) in [6.45, 7) is 9.68. The minimum absolute atomic E-state index is 0.227. The quantitative estimate of drug-likeness (QED) is 0.0776. The molecule has 141 heavy (non-hydrogen) atoms. The highest BCUT2D eigenvalue weighted by Gasteiger charge is 2.72. The van der Waals surface area contributed by atoms with Crippen LogP contribution in [0.3, 0.4) is 0 Å². The van der Waals surface area contributed by atoms with E-state index in [-0.39, 0.29) is 24.3 Å². The number of piperidine rings is 2. The lowest BCUT2D eigenvalue weighted by molar-refractivity contribution is -0.390. The summed E-state index contributed by atoms with van der Waals surface area (Å²) in [6, 6.07) is 39.5. The summed E-state index contributed by atoms with van der Waals surface area (Å²) in [5.74, 6) is 11.9. The first-order chi connectivity index (χ1) is 68.6. The number of benzene rings is 5. The summed E-state index contributed by atoms with van der Waals surface area (Å²) in [5, 5.41) is 3.04. The third-order valence-electron chi connectivity index (χ3n) is 39.9. The number of nitrogens with one attached hydrogen (secondary N) is 1. The highest BCUT2D eigenvalue weighted by Crippen LogP contribution is 2.70. The molecule has 27 fully saturated rings. The zero-order valence-corrected chi connectivity index (χ0v) is 83.4. The predicted molar refractivity (Wildman–Crippen MR) is 520 cm³/mol. The molecule has 6 aliphatic heterocycles. The minimum Gasteiger partial charge on any atom is -0.410 e. The fourth-order valence-electron chi connectivity index (χ4n) is 33.4. The van der Waals surface area contributed by atoms with Crippen LogP contribution in [-0.2, 0) is 58.0 Å². The molecule has 5 aromatic carbocycles. The Hall–Kier alpha value is -7.30. The van der Waals surface area contributed by atoms with Crippen LogP contribution < -0.4 is 29.0 Å². The molecule has 27 aliphatic rings. The number of carbonyl (C=O) groups is 4. The summed E-state index contributed by atoms with van der Waals surface area (Å²) in [7, 11) is 0. The van der Waals surface area contributed by atoms with Crippen molar-refractivity contribution in [1.82, 2.24) is 15.1 Å². The summed E-state index contributed by atoms with van der Waals surface area (Å²) >= 11 is 0. The zero-order valence-electron chi connectivity index (χ0n) is 83.4. The number of hydrogen-bond donors (Lipinski definition) is 1. The van der Waals surface area contributed by atoms with Crippen LogP contribution in [0.4, 0.5) is 19.2 Å². The topological polar surface area (TPSA) is 244 Å². The normalized spacial score (nSPS) is 42.4. The second-order valence-corrected chi connectivity index (χ2v) is 49.5. The van der Waals surface area contributed by atoms with E-state index < -0.39 is 52.5 Å². The van der Waals surface area contributed by atoms with Crippen LogP contribution in [0.15, 0.2) is 121 Å². The SMILES string of the molecule is CC1CCC(NC(=O)Oc2ccc([C@@H]3CCC[C@]4(C3)OOC3(O4)C4CC5CC(C4)CC3C5)cc2)CC1.CC1CCN(C(=O)Oc2ccc([C@@H]3CCC[C@]4(C3)OOC3(O4)C4CC5CC(C4)CC3C5)cc2)CC1.Cc1ccc(OC(=O)Oc2ccc([C@@H]3CCC[C@]4(C3)OOC3(O4)C4CC5CC(C4)CC3C5)cc2)cc1.O=C(Oc1ccc([C@@H]2CCC[C@]3(C2)OOC2(O3)C3CC4CC(C3)CC2C4)cc1)N1CCCCC1. The summed E-state index contributed by atoms with van der Waals surface area (Å²) in [5.41, 5.74) is 6.07. The largest absolute Gasteiger partial charge is 0.519 e. The van der Waals surface area contributed by atoms with Crippen LogP contribution in [0.25, 0.3) is 0 Å². The van der Waals surface area contributed by atoms with Crippen molar-refractivity contribution < 1.29 is 101 Å². The van der Waals surface area contributed by atoms with Crippen LogP contribution in [0, 0.1) is 113 Å². The van der Waals surface area contributed by atoms with Crippen molar-refractivity contribution in [3.8, 4) is 28.7 Å². The molecule has 21 saturated carbocycles. The minimum atomic E-state index is -0.742. The van der Waals surface area contributed by atoms with E-state index in [1.54, 1.807) is 12.1 Å². The Labute approximate surface area is 832 Å². The lowest BCUT2D eigenvalue weighted by Crippen LogP contribution is -2.59. The van der Waals surface area contributed by atoms with Gasteiger partial charge in [-0.3, -0.25) is 0 Å². The standard InChI is InChI=1S/C30H41NO5.C30H34O6.C29H39NO5.C28H37NO5/c1-19-4-8-26(9-5-19)31-28(32)33-27-10-6-22(7-11-27)23-3-2-12-29(18-23)34-30(36-35-29)24-14-20-13-21(16-24)17-25(30)15-20;1-19-4-8-26(9-5-19)32-28(31)33-27-10-6-22(7-11-27)23-3-2-12-29(18-23)34-30(36-35-29)24-14-20-13-21(16-24)17-25(30)15-20;1-19-8-11-30(12-9-19)27(31)32-26-6-4-22(5-7-26)23-3-2-10-28(18-23)33-29(35-34-28)24-14-20-13-21(16-24)17-25(29)15-20;30-26(29-11-2-1-3-12-29)31-25-8-6-21(7-9-25)22-5-4-10-27(18-22)32-28(34-33-27)23-14-19-13-20(16-23)17-24(28)15-19/h6-7,10-11,19-21,23-26H,2-5,8-9,12-18H2,1H3,(H,31,32);4-11,20-21,23-25H,2-3,12-18H2,1H3;4-7,19-21,23-25H,2-3,8-18H2,1H3;6-9,19-20,22-24H,1-5,10-18H2/t19?,20?,21?,23-,24?,25?,26?,29-,30?;20?,21?,23-,24?,25?,29-,30?;20?,21?,23-,24?,25?,28-,29?;19?,20?,22-,23?,24?,27-,28?/m1111/s1. The summed E-state index contributed by atoms with van der Waals surface area (Å²) in [4.78, 5) is 103. The van der Waals surface area contributed by atoms with Crippen LogP contribution in [0.1, 0.15) is 354 Å². The lowest BCUT2D eigenvalue weighted by Gasteiger charge is -2.57. The molecule has 21 aliphatic carbocycles. The van der Waals surface area contributed by atoms with E-state index in [1.165, 1.54) is 170 Å². The number of ether oxygens (including phenoxy) is 9. The Balaban J connectivity index is 0.0000000990. The van der Waals surface area contributed by atoms with E-state index in [2.05, 4.69) is 55.6 Å². The Kier molecular flexibility index (Phi) is 25.8. The Morgan fingerprint density at radius 1 is 0.284 bits per heavy atom. The van der Waals surface area contributed by atoms with Gasteiger partial charge in [-0.15, -0.1) is 0 Å². The van der Waals surface area contributed by atoms with Gasteiger partial charge in [0.25, 0.3) is 0 Å². The first kappa shape index (κ1) is 94.7. The molecule has 0 unspecified atom stereocenters. The van der Waals surface area contributed by atoms with Crippen molar-refractivity contribution in [2.45, 2.75) is 386 Å². The van der Waals surface area contributed by atoms with Gasteiger partial charge in [-0.1, -0.05) is 80.1 Å². The van der Waals surface area contributed by atoms with Gasteiger partial charge in [0.2, 0.25) is 46.3 Å². The van der Waals surface area contributed by atoms with Crippen molar-refractivity contribution in [2.24, 2.45) is 107 Å². The average Bonchev–Trinajstić information content (AvgIpc) is 1.61. The fraction of sp³-hybridized carbons (Fsp3) is 0.709. The number of aryl methyl sites for hydroxylation is 1. The number of amides is 3. The molecule has 760 valence electrons. The van der Waals surface area contributed by atoms with E-state index in [0.29, 0.717) is 106 Å². The summed E-state index contributed by atoms with van der Waals surface area (Å²) in [6.07, 6.45) is 49.3. The molecule has 32 rings (SSSR count). The van der Waals surface area contributed by atoms with Gasteiger partial charge in [-0.25, -0.2) is 19.2 Å². The van der Waals surface area contributed by atoms with Crippen LogP contribution >= 0.6 is 0 Å². The van der Waals surface area contributed by atoms with Gasteiger partial charge in [0.15, 0.2) is 0 Å². The molecule has 3 amide bonds. The maximum Gasteiger partial charge on any atom is 0.519 e. The monoisotopic (exact) mass is 1930 g/mol. The molecular weight excluding hydrogens is 1780 g/mol. The smallest absolute Gasteiger partial charge is 0.410 e. The van der Waals surface area contributed by atoms with Crippen molar-refractivity contribution in [3.63, 3.8) is 0 Å². The second-order valence-electron chi connectivity index (χ2n) is 49.5.